The van der Waals surface area contributed by atoms with Crippen molar-refractivity contribution in [2.45, 2.75) is 329 Å². The van der Waals surface area contributed by atoms with Gasteiger partial charge in [0.2, 0.25) is 0 Å². The summed E-state index contributed by atoms with van der Waals surface area (Å²) in [6.45, 7) is 6.59. The smallest absolute Gasteiger partial charge is 0.306 e. The molecule has 0 bridgehead atoms. The normalized spacial score (nSPS) is 12.3. The summed E-state index contributed by atoms with van der Waals surface area (Å²) < 4.78 is 16.9. The largest absolute Gasteiger partial charge is 0.462 e. The molecule has 1 atom stereocenters. The van der Waals surface area contributed by atoms with E-state index in [4.69, 9.17) is 14.2 Å². The van der Waals surface area contributed by atoms with E-state index in [-0.39, 0.29) is 31.1 Å². The van der Waals surface area contributed by atoms with Crippen LogP contribution in [0.25, 0.3) is 0 Å². The van der Waals surface area contributed by atoms with Crippen molar-refractivity contribution in [2.75, 3.05) is 13.2 Å². The fourth-order valence-corrected chi connectivity index (χ4v) is 8.92. The van der Waals surface area contributed by atoms with E-state index in [0.717, 1.165) is 96.3 Å². The number of hydrogen-bond donors (Lipinski definition) is 0. The molecule has 0 N–H and O–H groups in total. The predicted molar refractivity (Wildman–Crippen MR) is 302 cm³/mol. The van der Waals surface area contributed by atoms with Crippen LogP contribution in [0.3, 0.4) is 0 Å². The first-order chi connectivity index (χ1) is 34.5. The van der Waals surface area contributed by atoms with E-state index in [1.165, 1.54) is 186 Å². The number of esters is 3. The maximum atomic E-state index is 12.9. The Hall–Kier alpha value is -2.63. The SMILES string of the molecule is CCC/C=C\C/C=C\CCCCCCCC(=O)OCC(COC(=O)CCCCCCCCCCCCCCCCCCCCCCC)OC(=O)CCCCCCCCC/C=C\C/C=C\CCCCCC. The molecule has 0 rings (SSSR count). The van der Waals surface area contributed by atoms with E-state index in [1.54, 1.807) is 0 Å². The molecular formula is C64H116O6. The lowest BCUT2D eigenvalue weighted by Crippen LogP contribution is -2.30. The summed E-state index contributed by atoms with van der Waals surface area (Å²) in [6.07, 6.45) is 72.5. The minimum absolute atomic E-state index is 0.0778. The molecule has 0 aromatic rings. The number of carbonyl (C=O) groups is 3. The molecule has 0 fully saturated rings. The molecule has 0 aromatic carbocycles. The average Bonchev–Trinajstić information content (AvgIpc) is 3.36. The van der Waals surface area contributed by atoms with Crippen molar-refractivity contribution in [1.82, 2.24) is 0 Å². The van der Waals surface area contributed by atoms with Crippen LogP contribution in [-0.2, 0) is 28.6 Å². The zero-order valence-electron chi connectivity index (χ0n) is 46.8. The Balaban J connectivity index is 4.32. The Morgan fingerprint density at radius 2 is 0.543 bits per heavy atom. The lowest BCUT2D eigenvalue weighted by molar-refractivity contribution is -0.167. The maximum absolute atomic E-state index is 12.9. The van der Waals surface area contributed by atoms with Gasteiger partial charge in [-0.25, -0.2) is 0 Å². The fourth-order valence-electron chi connectivity index (χ4n) is 8.92. The molecule has 0 heterocycles. The van der Waals surface area contributed by atoms with Gasteiger partial charge in [-0.05, 0) is 77.0 Å². The second-order valence-electron chi connectivity index (χ2n) is 20.6. The quantitative estimate of drug-likeness (QED) is 0.0261. The molecule has 408 valence electrons. The minimum Gasteiger partial charge on any atom is -0.462 e. The van der Waals surface area contributed by atoms with E-state index < -0.39 is 6.10 Å². The van der Waals surface area contributed by atoms with Crippen LogP contribution < -0.4 is 0 Å². The monoisotopic (exact) mass is 981 g/mol. The zero-order chi connectivity index (χ0) is 50.7. The summed E-state index contributed by atoms with van der Waals surface area (Å²) in [5, 5.41) is 0. The van der Waals surface area contributed by atoms with Crippen molar-refractivity contribution in [3.05, 3.63) is 48.6 Å². The first-order valence-corrected chi connectivity index (χ1v) is 30.6. The lowest BCUT2D eigenvalue weighted by Gasteiger charge is -2.18. The van der Waals surface area contributed by atoms with Gasteiger partial charge < -0.3 is 14.2 Å². The van der Waals surface area contributed by atoms with Crippen molar-refractivity contribution in [1.29, 1.82) is 0 Å². The van der Waals surface area contributed by atoms with Crippen LogP contribution in [0.5, 0.6) is 0 Å². The maximum Gasteiger partial charge on any atom is 0.306 e. The van der Waals surface area contributed by atoms with Crippen LogP contribution in [-0.4, -0.2) is 37.2 Å². The number of hydrogen-bond acceptors (Lipinski definition) is 6. The second-order valence-corrected chi connectivity index (χ2v) is 20.6. The van der Waals surface area contributed by atoms with Crippen LogP contribution in [0.2, 0.25) is 0 Å². The summed E-state index contributed by atoms with van der Waals surface area (Å²) in [6, 6.07) is 0. The highest BCUT2D eigenvalue weighted by Crippen LogP contribution is 2.17. The zero-order valence-corrected chi connectivity index (χ0v) is 46.8. The molecule has 0 amide bonds. The van der Waals surface area contributed by atoms with Crippen LogP contribution in [0.1, 0.15) is 323 Å². The third-order valence-corrected chi connectivity index (χ3v) is 13.5. The molecule has 0 saturated heterocycles. The highest BCUT2D eigenvalue weighted by molar-refractivity contribution is 5.71. The average molecular weight is 982 g/mol. The first-order valence-electron chi connectivity index (χ1n) is 30.6. The molecule has 6 heteroatoms. The molecule has 0 aliphatic rings. The van der Waals surface area contributed by atoms with Crippen molar-refractivity contribution in [3.8, 4) is 0 Å². The topological polar surface area (TPSA) is 78.9 Å². The van der Waals surface area contributed by atoms with Crippen molar-refractivity contribution >= 4 is 17.9 Å². The number of ether oxygens (including phenoxy) is 3. The van der Waals surface area contributed by atoms with Gasteiger partial charge in [0.05, 0.1) is 0 Å². The van der Waals surface area contributed by atoms with Gasteiger partial charge in [-0.3, -0.25) is 14.4 Å². The van der Waals surface area contributed by atoms with E-state index >= 15 is 0 Å². The van der Waals surface area contributed by atoms with Gasteiger partial charge in [0, 0.05) is 19.3 Å². The Labute approximate surface area is 435 Å². The van der Waals surface area contributed by atoms with Gasteiger partial charge in [-0.2, -0.15) is 0 Å². The number of allylic oxidation sites excluding steroid dienone is 8. The van der Waals surface area contributed by atoms with Crippen molar-refractivity contribution < 1.29 is 28.6 Å². The number of carbonyl (C=O) groups excluding carboxylic acids is 3. The Morgan fingerprint density at radius 3 is 0.857 bits per heavy atom. The Kier molecular flexibility index (Phi) is 56.7. The molecular weight excluding hydrogens is 865 g/mol. The molecule has 0 aromatic heterocycles. The number of rotatable bonds is 56. The Morgan fingerprint density at radius 1 is 0.286 bits per heavy atom. The van der Waals surface area contributed by atoms with Gasteiger partial charge in [0.25, 0.3) is 0 Å². The number of unbranched alkanes of at least 4 members (excludes halogenated alkanes) is 37. The van der Waals surface area contributed by atoms with E-state index in [0.29, 0.717) is 19.3 Å². The summed E-state index contributed by atoms with van der Waals surface area (Å²) in [7, 11) is 0. The van der Waals surface area contributed by atoms with Crippen LogP contribution in [0.15, 0.2) is 48.6 Å². The van der Waals surface area contributed by atoms with Gasteiger partial charge in [-0.1, -0.05) is 275 Å². The predicted octanol–water partition coefficient (Wildman–Crippen LogP) is 20.6. The third-order valence-electron chi connectivity index (χ3n) is 13.5. The van der Waals surface area contributed by atoms with Gasteiger partial charge in [-0.15, -0.1) is 0 Å². The van der Waals surface area contributed by atoms with Crippen molar-refractivity contribution in [3.63, 3.8) is 0 Å². The summed E-state index contributed by atoms with van der Waals surface area (Å²) in [4.78, 5) is 38.2. The standard InChI is InChI=1S/C64H116O6/c1-4-7-10-13-16-19-22-25-27-29-31-32-33-35-36-39-42-45-48-51-54-57-63(66)69-60-61(59-68-62(65)56-53-50-47-44-41-38-24-21-18-15-12-9-6-3)70-64(67)58-55-52-49-46-43-40-37-34-30-28-26-23-20-17-14-11-8-5-2/h12,15,20-21,23-24,28,30,61H,4-11,13-14,16-19,22,25-27,29,31-60H2,1-3H3/b15-12-,23-20-,24-21-,30-28-. The Bertz CT molecular complexity index is 1220. The van der Waals surface area contributed by atoms with E-state index in [1.807, 2.05) is 0 Å². The van der Waals surface area contributed by atoms with Crippen molar-refractivity contribution in [2.24, 2.45) is 0 Å². The van der Waals surface area contributed by atoms with E-state index in [2.05, 4.69) is 69.4 Å². The minimum atomic E-state index is -0.782. The lowest BCUT2D eigenvalue weighted by atomic mass is 10.0. The molecule has 0 radical (unpaired) electrons. The summed E-state index contributed by atoms with van der Waals surface area (Å²) in [5.41, 5.74) is 0. The third kappa shape index (κ3) is 56.3. The van der Waals surface area contributed by atoms with E-state index in [9.17, 15) is 14.4 Å². The molecule has 6 nitrogen and oxygen atoms in total. The molecule has 0 aliphatic heterocycles. The molecule has 0 spiro atoms. The van der Waals surface area contributed by atoms with Gasteiger partial charge >= 0.3 is 17.9 Å². The fraction of sp³-hybridized carbons (Fsp3) is 0.828. The van der Waals surface area contributed by atoms with Crippen LogP contribution in [0.4, 0.5) is 0 Å². The highest BCUT2D eigenvalue weighted by atomic mass is 16.6. The summed E-state index contributed by atoms with van der Waals surface area (Å²) >= 11 is 0. The van der Waals surface area contributed by atoms with Gasteiger partial charge in [0.15, 0.2) is 6.10 Å². The first kappa shape index (κ1) is 67.4. The molecule has 1 unspecified atom stereocenters. The second kappa shape index (κ2) is 58.9. The highest BCUT2D eigenvalue weighted by Gasteiger charge is 2.19. The van der Waals surface area contributed by atoms with Gasteiger partial charge in [0.1, 0.15) is 13.2 Å². The molecule has 0 aliphatic carbocycles. The van der Waals surface area contributed by atoms with Crippen LogP contribution >= 0.6 is 0 Å². The summed E-state index contributed by atoms with van der Waals surface area (Å²) in [5.74, 6) is -0.883. The van der Waals surface area contributed by atoms with Crippen LogP contribution in [0, 0.1) is 0 Å². The molecule has 0 saturated carbocycles. The molecule has 70 heavy (non-hydrogen) atoms.